The normalized spacial score (nSPS) is 27.9. The van der Waals surface area contributed by atoms with Crippen LogP contribution in [-0.2, 0) is 11.3 Å². The zero-order valence-electron chi connectivity index (χ0n) is 12.6. The third-order valence-electron chi connectivity index (χ3n) is 5.03. The van der Waals surface area contributed by atoms with Crippen molar-refractivity contribution in [3.63, 3.8) is 0 Å². The Morgan fingerprint density at radius 3 is 2.40 bits per heavy atom. The number of aromatic carboxylic acids is 1. The molecule has 0 amide bonds. The van der Waals surface area contributed by atoms with E-state index in [-0.39, 0.29) is 11.0 Å². The van der Waals surface area contributed by atoms with Crippen LogP contribution in [0.1, 0.15) is 43.1 Å². The van der Waals surface area contributed by atoms with Gasteiger partial charge in [0, 0.05) is 25.1 Å². The van der Waals surface area contributed by atoms with Gasteiger partial charge in [-0.2, -0.15) is 0 Å². The number of carboxylic acids is 1. The Morgan fingerprint density at radius 1 is 1.35 bits per heavy atom. The largest absolute Gasteiger partial charge is 0.478 e. The van der Waals surface area contributed by atoms with Crippen molar-refractivity contribution < 1.29 is 14.6 Å². The van der Waals surface area contributed by atoms with Crippen molar-refractivity contribution >= 4 is 5.97 Å². The quantitative estimate of drug-likeness (QED) is 0.868. The first-order valence-corrected chi connectivity index (χ1v) is 6.91. The highest BCUT2D eigenvalue weighted by molar-refractivity contribution is 5.87. The van der Waals surface area contributed by atoms with Gasteiger partial charge in [-0.05, 0) is 31.0 Å². The highest BCUT2D eigenvalue weighted by Gasteiger charge is 2.57. The summed E-state index contributed by atoms with van der Waals surface area (Å²) in [7, 11) is 1.77. The molecule has 110 valence electrons. The molecule has 2 rings (SSSR count). The second-order valence-electron chi connectivity index (χ2n) is 6.30. The van der Waals surface area contributed by atoms with Gasteiger partial charge in [-0.3, -0.25) is 0 Å². The van der Waals surface area contributed by atoms with Gasteiger partial charge in [0.15, 0.2) is 0 Å². The fourth-order valence-electron chi connectivity index (χ4n) is 2.83. The smallest absolute Gasteiger partial charge is 0.335 e. The average Bonchev–Trinajstić information content (AvgIpc) is 2.43. The van der Waals surface area contributed by atoms with E-state index in [1.165, 1.54) is 0 Å². The number of carboxylic acid groups (broad SMARTS) is 1. The molecule has 0 aliphatic heterocycles. The van der Waals surface area contributed by atoms with Gasteiger partial charge >= 0.3 is 5.97 Å². The van der Waals surface area contributed by atoms with Crippen LogP contribution in [0.4, 0.5) is 0 Å². The number of methoxy groups -OCH3 is 1. The fraction of sp³-hybridized carbons (Fsp3) is 0.562. The first-order valence-electron chi connectivity index (χ1n) is 6.91. The van der Waals surface area contributed by atoms with E-state index < -0.39 is 5.97 Å². The second-order valence-corrected chi connectivity index (χ2v) is 6.30. The average molecular weight is 277 g/mol. The lowest BCUT2D eigenvalue weighted by Gasteiger charge is -2.59. The van der Waals surface area contributed by atoms with E-state index in [0.29, 0.717) is 11.6 Å². The number of ether oxygens (including phenoxy) is 1. The van der Waals surface area contributed by atoms with E-state index in [0.717, 1.165) is 18.5 Å². The third kappa shape index (κ3) is 2.45. The second kappa shape index (κ2) is 5.19. The van der Waals surface area contributed by atoms with E-state index in [9.17, 15) is 4.79 Å². The van der Waals surface area contributed by atoms with Gasteiger partial charge in [0.05, 0.1) is 11.2 Å². The van der Waals surface area contributed by atoms with Crippen molar-refractivity contribution in [2.45, 2.75) is 45.4 Å². The van der Waals surface area contributed by atoms with Crippen LogP contribution in [0, 0.1) is 5.41 Å². The van der Waals surface area contributed by atoms with E-state index >= 15 is 0 Å². The Labute approximate surface area is 120 Å². The third-order valence-corrected chi connectivity index (χ3v) is 5.03. The van der Waals surface area contributed by atoms with Crippen LogP contribution in [0.2, 0.25) is 0 Å². The van der Waals surface area contributed by atoms with Crippen LogP contribution in [0.3, 0.4) is 0 Å². The Balaban J connectivity index is 1.92. The molecule has 0 heterocycles. The number of hydrogen-bond acceptors (Lipinski definition) is 3. The Hall–Kier alpha value is -1.39. The molecule has 0 aromatic heterocycles. The minimum absolute atomic E-state index is 0.0716. The summed E-state index contributed by atoms with van der Waals surface area (Å²) >= 11 is 0. The van der Waals surface area contributed by atoms with Gasteiger partial charge in [0.1, 0.15) is 0 Å². The van der Waals surface area contributed by atoms with Crippen molar-refractivity contribution in [3.05, 3.63) is 35.4 Å². The summed E-state index contributed by atoms with van der Waals surface area (Å²) in [4.78, 5) is 10.8. The highest BCUT2D eigenvalue weighted by Crippen LogP contribution is 2.51. The Kier molecular flexibility index (Phi) is 3.89. The Morgan fingerprint density at radius 2 is 1.95 bits per heavy atom. The minimum atomic E-state index is -0.888. The standard InChI is InChI=1S/C16H23NO3/c1-15(2)13(9-16(15,3)20-4)17-10-11-5-7-12(8-6-11)14(18)19/h5-8,13,17H,9-10H2,1-4H3,(H,18,19). The molecule has 1 fully saturated rings. The topological polar surface area (TPSA) is 58.6 Å². The summed E-state index contributed by atoms with van der Waals surface area (Å²) in [5.74, 6) is -0.888. The maximum atomic E-state index is 10.8. The summed E-state index contributed by atoms with van der Waals surface area (Å²) < 4.78 is 5.61. The van der Waals surface area contributed by atoms with E-state index in [1.54, 1.807) is 19.2 Å². The van der Waals surface area contributed by atoms with Gasteiger partial charge in [-0.1, -0.05) is 26.0 Å². The summed E-state index contributed by atoms with van der Waals surface area (Å²) in [5, 5.41) is 12.4. The number of carbonyl (C=O) groups is 1. The molecule has 0 radical (unpaired) electrons. The lowest BCUT2D eigenvalue weighted by Crippen LogP contribution is -2.67. The van der Waals surface area contributed by atoms with Crippen molar-refractivity contribution in [2.24, 2.45) is 5.41 Å². The highest BCUT2D eigenvalue weighted by atomic mass is 16.5. The molecular formula is C16H23NO3. The molecule has 1 aromatic carbocycles. The van der Waals surface area contributed by atoms with Gasteiger partial charge in [-0.15, -0.1) is 0 Å². The van der Waals surface area contributed by atoms with Gasteiger partial charge in [0.2, 0.25) is 0 Å². The van der Waals surface area contributed by atoms with E-state index in [4.69, 9.17) is 9.84 Å². The van der Waals surface area contributed by atoms with Crippen LogP contribution < -0.4 is 5.32 Å². The van der Waals surface area contributed by atoms with Crippen molar-refractivity contribution in [1.82, 2.24) is 5.32 Å². The van der Waals surface area contributed by atoms with Crippen LogP contribution >= 0.6 is 0 Å². The summed E-state index contributed by atoms with van der Waals surface area (Å²) in [6.07, 6.45) is 0.990. The summed E-state index contributed by atoms with van der Waals surface area (Å²) in [5.41, 5.74) is 1.43. The minimum Gasteiger partial charge on any atom is -0.478 e. The fourth-order valence-corrected chi connectivity index (χ4v) is 2.83. The van der Waals surface area contributed by atoms with Crippen molar-refractivity contribution in [1.29, 1.82) is 0 Å². The molecule has 2 unspecified atom stereocenters. The molecule has 0 saturated heterocycles. The summed E-state index contributed by atoms with van der Waals surface area (Å²) in [6.45, 7) is 7.32. The van der Waals surface area contributed by atoms with E-state index in [2.05, 4.69) is 26.1 Å². The monoisotopic (exact) mass is 277 g/mol. The van der Waals surface area contributed by atoms with Crippen LogP contribution in [0.5, 0.6) is 0 Å². The van der Waals surface area contributed by atoms with Crippen LogP contribution in [0.15, 0.2) is 24.3 Å². The van der Waals surface area contributed by atoms with Crippen molar-refractivity contribution in [3.8, 4) is 0 Å². The zero-order valence-corrected chi connectivity index (χ0v) is 12.6. The molecule has 1 saturated carbocycles. The molecule has 1 aromatic rings. The summed E-state index contributed by atoms with van der Waals surface area (Å²) in [6, 6.07) is 7.41. The van der Waals surface area contributed by atoms with Crippen LogP contribution in [0.25, 0.3) is 0 Å². The van der Waals surface area contributed by atoms with Gasteiger partial charge < -0.3 is 15.2 Å². The molecular weight excluding hydrogens is 254 g/mol. The van der Waals surface area contributed by atoms with Gasteiger partial charge in [0.25, 0.3) is 0 Å². The lowest BCUT2D eigenvalue weighted by molar-refractivity contribution is -0.180. The number of hydrogen-bond donors (Lipinski definition) is 2. The number of nitrogens with one attached hydrogen (secondary N) is 1. The molecule has 0 bridgehead atoms. The molecule has 2 N–H and O–H groups in total. The maximum Gasteiger partial charge on any atom is 0.335 e. The maximum absolute atomic E-state index is 10.8. The molecule has 1 aliphatic rings. The number of benzene rings is 1. The van der Waals surface area contributed by atoms with E-state index in [1.807, 2.05) is 12.1 Å². The molecule has 0 spiro atoms. The van der Waals surface area contributed by atoms with Gasteiger partial charge in [-0.25, -0.2) is 4.79 Å². The molecule has 20 heavy (non-hydrogen) atoms. The zero-order chi connectivity index (χ0) is 15.0. The first-order chi connectivity index (χ1) is 9.30. The SMILES string of the molecule is COC1(C)CC(NCc2ccc(C(=O)O)cc2)C1(C)C. The van der Waals surface area contributed by atoms with Crippen molar-refractivity contribution in [2.75, 3.05) is 7.11 Å². The molecule has 4 heteroatoms. The number of rotatable bonds is 5. The molecule has 2 atom stereocenters. The first kappa shape index (κ1) is 15.0. The Bertz CT molecular complexity index is 495. The molecule has 4 nitrogen and oxygen atoms in total. The molecule has 1 aliphatic carbocycles. The predicted octanol–water partition coefficient (Wildman–Crippen LogP) is 2.68. The predicted molar refractivity (Wildman–Crippen MR) is 77.8 cm³/mol. The van der Waals surface area contributed by atoms with Crippen LogP contribution in [-0.4, -0.2) is 29.8 Å². The lowest BCUT2D eigenvalue weighted by atomic mass is 9.56.